The van der Waals surface area contributed by atoms with Gasteiger partial charge < -0.3 is 14.8 Å². The molecule has 0 aromatic rings. The molecule has 1 unspecified atom stereocenters. The first-order chi connectivity index (χ1) is 12.4. The maximum absolute atomic E-state index is 11.7. The maximum Gasteiger partial charge on any atom is 0.232 e. The van der Waals surface area contributed by atoms with Crippen LogP contribution in [-0.4, -0.2) is 67.9 Å². The molecule has 26 heavy (non-hydrogen) atoms. The highest BCUT2D eigenvalue weighted by Crippen LogP contribution is 2.18. The van der Waals surface area contributed by atoms with E-state index in [0.717, 1.165) is 4.90 Å². The summed E-state index contributed by atoms with van der Waals surface area (Å²) in [6.07, 6.45) is 0.720. The molecule has 1 heterocycles. The Labute approximate surface area is 155 Å². The molecule has 1 aliphatic heterocycles. The van der Waals surface area contributed by atoms with Gasteiger partial charge in [-0.15, -0.1) is 0 Å². The summed E-state index contributed by atoms with van der Waals surface area (Å²) in [5.74, 6) is -0.845. The van der Waals surface area contributed by atoms with E-state index < -0.39 is 0 Å². The van der Waals surface area contributed by atoms with Crippen LogP contribution in [0.5, 0.6) is 0 Å². The van der Waals surface area contributed by atoms with E-state index in [9.17, 15) is 19.2 Å². The van der Waals surface area contributed by atoms with Crippen LogP contribution in [0.3, 0.4) is 0 Å². The molecule has 0 aromatic carbocycles. The van der Waals surface area contributed by atoms with Gasteiger partial charge in [0.15, 0.2) is 0 Å². The summed E-state index contributed by atoms with van der Waals surface area (Å²) >= 11 is 0. The molecule has 0 aromatic heterocycles. The van der Waals surface area contributed by atoms with E-state index in [0.29, 0.717) is 39.4 Å². The van der Waals surface area contributed by atoms with Crippen molar-refractivity contribution < 1.29 is 28.7 Å². The average molecular weight is 372 g/mol. The smallest absolute Gasteiger partial charge is 0.232 e. The predicted molar refractivity (Wildman–Crippen MR) is 96.4 cm³/mol. The molecule has 0 spiro atoms. The predicted octanol–water partition coefficient (Wildman–Crippen LogP) is 0.926. The van der Waals surface area contributed by atoms with Crippen LogP contribution in [0.15, 0.2) is 0 Å². The summed E-state index contributed by atoms with van der Waals surface area (Å²) in [6, 6.07) is 0. The number of hydrogen-bond acceptors (Lipinski definition) is 6. The van der Waals surface area contributed by atoms with Crippen molar-refractivity contribution in [1.82, 2.24) is 10.2 Å². The number of nitrogens with zero attached hydrogens (tertiary/aromatic N) is 1. The summed E-state index contributed by atoms with van der Waals surface area (Å²) in [6.45, 7) is 9.23. The highest BCUT2D eigenvalue weighted by molar-refractivity contribution is 6.03. The first-order valence-corrected chi connectivity index (χ1v) is 9.17. The number of imide groups is 1. The molecular weight excluding hydrogens is 340 g/mol. The number of carbonyl (C=O) groups excluding carboxylic acids is 4. The van der Waals surface area contributed by atoms with Gasteiger partial charge in [-0.2, -0.15) is 0 Å². The number of carbonyl (C=O) groups is 4. The fraction of sp³-hybridized carbons (Fsp3) is 0.778. The molecule has 3 amide bonds. The molecule has 1 fully saturated rings. The number of Topliss-reactive ketones (excluding diaryl/α,β-unsaturated/α-hetero) is 1. The molecule has 1 aliphatic rings. The van der Waals surface area contributed by atoms with Crippen LogP contribution in [0, 0.1) is 5.92 Å². The van der Waals surface area contributed by atoms with E-state index in [1.807, 2.05) is 13.8 Å². The lowest BCUT2D eigenvalue weighted by Gasteiger charge is -2.14. The molecule has 1 N–H and O–H groups in total. The largest absolute Gasteiger partial charge is 0.379 e. The third-order valence-corrected chi connectivity index (χ3v) is 3.57. The molecule has 1 saturated heterocycles. The number of ether oxygens (including phenoxy) is 2. The van der Waals surface area contributed by atoms with Gasteiger partial charge in [-0.1, -0.05) is 20.8 Å². The van der Waals surface area contributed by atoms with Gasteiger partial charge in [-0.25, -0.2) is 0 Å². The molecule has 1 rings (SSSR count). The van der Waals surface area contributed by atoms with Crippen LogP contribution in [0.1, 0.15) is 47.0 Å². The highest BCUT2D eigenvalue weighted by Gasteiger charge is 2.35. The Balaban J connectivity index is 0.00000301. The van der Waals surface area contributed by atoms with Crippen molar-refractivity contribution in [3.05, 3.63) is 0 Å². The summed E-state index contributed by atoms with van der Waals surface area (Å²) in [4.78, 5) is 46.8. The Morgan fingerprint density at radius 3 is 2.23 bits per heavy atom. The van der Waals surface area contributed by atoms with Crippen LogP contribution < -0.4 is 5.32 Å². The standard InChI is InChI=1S/C16H26N2O6.C2H6/c1-12-11-15(21)18(16(12)22)6-3-14(20)17-5-8-24-10-9-23-7-4-13(2)19;1-2/h12H,3-11H2,1-2H3,(H,17,20);1-2H3. The minimum absolute atomic E-state index is 0.0884. The van der Waals surface area contributed by atoms with Crippen LogP contribution in [0.4, 0.5) is 0 Å². The van der Waals surface area contributed by atoms with Gasteiger partial charge in [0, 0.05) is 38.3 Å². The topological polar surface area (TPSA) is 102 Å². The Bertz CT molecular complexity index is 467. The van der Waals surface area contributed by atoms with Crippen LogP contribution in [0.2, 0.25) is 0 Å². The second-order valence-electron chi connectivity index (χ2n) is 5.77. The molecule has 0 saturated carbocycles. The summed E-state index contributed by atoms with van der Waals surface area (Å²) < 4.78 is 10.5. The molecule has 150 valence electrons. The normalized spacial score (nSPS) is 16.3. The summed E-state index contributed by atoms with van der Waals surface area (Å²) in [5, 5.41) is 2.67. The summed E-state index contributed by atoms with van der Waals surface area (Å²) in [7, 11) is 0. The molecule has 8 heteroatoms. The van der Waals surface area contributed by atoms with Gasteiger partial charge in [0.1, 0.15) is 5.78 Å². The second-order valence-corrected chi connectivity index (χ2v) is 5.77. The van der Waals surface area contributed by atoms with Crippen molar-refractivity contribution in [1.29, 1.82) is 0 Å². The van der Waals surface area contributed by atoms with Crippen molar-refractivity contribution in [2.45, 2.75) is 47.0 Å². The van der Waals surface area contributed by atoms with E-state index in [1.165, 1.54) is 6.92 Å². The van der Waals surface area contributed by atoms with Crippen LogP contribution >= 0.6 is 0 Å². The van der Waals surface area contributed by atoms with Gasteiger partial charge in [0.05, 0.1) is 26.4 Å². The lowest BCUT2D eigenvalue weighted by atomic mass is 10.1. The van der Waals surface area contributed by atoms with Gasteiger partial charge in [-0.05, 0) is 6.92 Å². The molecule has 0 aliphatic carbocycles. The first-order valence-electron chi connectivity index (χ1n) is 9.17. The van der Waals surface area contributed by atoms with E-state index in [2.05, 4.69) is 5.32 Å². The quantitative estimate of drug-likeness (QED) is 0.404. The first kappa shape index (κ1) is 24.2. The van der Waals surface area contributed by atoms with E-state index >= 15 is 0 Å². The van der Waals surface area contributed by atoms with Gasteiger partial charge in [0.2, 0.25) is 17.7 Å². The molecule has 8 nitrogen and oxygen atoms in total. The zero-order valence-corrected chi connectivity index (χ0v) is 16.3. The van der Waals surface area contributed by atoms with Crippen molar-refractivity contribution in [2.75, 3.05) is 39.5 Å². The van der Waals surface area contributed by atoms with Crippen molar-refractivity contribution in [3.63, 3.8) is 0 Å². The number of nitrogens with one attached hydrogen (secondary N) is 1. The fourth-order valence-electron chi connectivity index (χ4n) is 2.19. The Hall–Kier alpha value is -1.80. The van der Waals surface area contributed by atoms with Gasteiger partial charge >= 0.3 is 0 Å². The van der Waals surface area contributed by atoms with Crippen molar-refractivity contribution >= 4 is 23.5 Å². The maximum atomic E-state index is 11.7. The third-order valence-electron chi connectivity index (χ3n) is 3.57. The lowest BCUT2D eigenvalue weighted by molar-refractivity contribution is -0.139. The number of amides is 3. The second kappa shape index (κ2) is 14.4. The summed E-state index contributed by atoms with van der Waals surface area (Å²) in [5.41, 5.74) is 0. The molecular formula is C18H32N2O6. The molecule has 0 bridgehead atoms. The van der Waals surface area contributed by atoms with Gasteiger partial charge in [-0.3, -0.25) is 24.1 Å². The van der Waals surface area contributed by atoms with Crippen LogP contribution in [0.25, 0.3) is 0 Å². The fourth-order valence-corrected chi connectivity index (χ4v) is 2.19. The highest BCUT2D eigenvalue weighted by atomic mass is 16.5. The SMILES string of the molecule is CC.CC(=O)CCOCCOCCNC(=O)CCN1C(=O)CC(C)C1=O. The zero-order valence-electron chi connectivity index (χ0n) is 16.3. The number of ketones is 1. The minimum Gasteiger partial charge on any atom is -0.379 e. The monoisotopic (exact) mass is 372 g/mol. The zero-order chi connectivity index (χ0) is 19.9. The van der Waals surface area contributed by atoms with Crippen molar-refractivity contribution in [2.24, 2.45) is 5.92 Å². The minimum atomic E-state index is -0.286. The Morgan fingerprint density at radius 2 is 1.69 bits per heavy atom. The third kappa shape index (κ3) is 10.2. The number of hydrogen-bond donors (Lipinski definition) is 1. The average Bonchev–Trinajstić information content (AvgIpc) is 2.85. The Kier molecular flexibility index (Phi) is 13.4. The number of likely N-dealkylation sites (tertiary alicyclic amines) is 1. The number of rotatable bonds is 12. The van der Waals surface area contributed by atoms with E-state index in [-0.39, 0.29) is 48.8 Å². The van der Waals surface area contributed by atoms with Gasteiger partial charge in [0.25, 0.3) is 0 Å². The van der Waals surface area contributed by atoms with E-state index in [4.69, 9.17) is 9.47 Å². The van der Waals surface area contributed by atoms with E-state index in [1.54, 1.807) is 6.92 Å². The lowest BCUT2D eigenvalue weighted by Crippen LogP contribution is -2.35. The molecule has 1 atom stereocenters. The molecule has 0 radical (unpaired) electrons. The van der Waals surface area contributed by atoms with Crippen molar-refractivity contribution in [3.8, 4) is 0 Å². The van der Waals surface area contributed by atoms with Crippen LogP contribution in [-0.2, 0) is 28.7 Å². The Morgan fingerprint density at radius 1 is 1.08 bits per heavy atom.